The first-order valence-corrected chi connectivity index (χ1v) is 10.5. The molecule has 1 aromatic heterocycles. The van der Waals surface area contributed by atoms with E-state index in [0.717, 1.165) is 35.5 Å². The van der Waals surface area contributed by atoms with Crippen molar-refractivity contribution in [1.82, 2.24) is 9.55 Å². The second-order valence-electron chi connectivity index (χ2n) is 8.09. The second-order valence-corrected chi connectivity index (χ2v) is 8.09. The van der Waals surface area contributed by atoms with Gasteiger partial charge in [0.05, 0.1) is 11.0 Å². The normalized spacial score (nSPS) is 16.5. The highest BCUT2D eigenvalue weighted by Gasteiger charge is 2.34. The highest BCUT2D eigenvalue weighted by Crippen LogP contribution is 2.33. The Kier molecular flexibility index (Phi) is 4.83. The average Bonchev–Trinajstić information content (AvgIpc) is 3.33. The molecule has 0 spiro atoms. The van der Waals surface area contributed by atoms with E-state index in [4.69, 9.17) is 4.98 Å². The van der Waals surface area contributed by atoms with Gasteiger partial charge < -0.3 is 9.47 Å². The summed E-state index contributed by atoms with van der Waals surface area (Å²) in [4.78, 5) is 19.8. The van der Waals surface area contributed by atoms with Crippen LogP contribution in [0.15, 0.2) is 78.9 Å². The van der Waals surface area contributed by atoms with E-state index >= 15 is 0 Å². The number of amides is 1. The maximum atomic E-state index is 12.9. The number of anilines is 1. The minimum atomic E-state index is 0.0983. The molecule has 4 aromatic rings. The van der Waals surface area contributed by atoms with E-state index in [-0.39, 0.29) is 11.8 Å². The fourth-order valence-corrected chi connectivity index (χ4v) is 4.45. The molecule has 1 unspecified atom stereocenters. The van der Waals surface area contributed by atoms with Crippen molar-refractivity contribution in [3.63, 3.8) is 0 Å². The Balaban J connectivity index is 1.47. The predicted octanol–water partition coefficient (Wildman–Crippen LogP) is 5.11. The Hall–Kier alpha value is -3.40. The molecule has 1 saturated heterocycles. The maximum absolute atomic E-state index is 12.9. The van der Waals surface area contributed by atoms with Gasteiger partial charge in [-0.05, 0) is 48.7 Å². The highest BCUT2D eigenvalue weighted by atomic mass is 16.2. The zero-order valence-electron chi connectivity index (χ0n) is 17.2. The van der Waals surface area contributed by atoms with Gasteiger partial charge in [-0.3, -0.25) is 4.79 Å². The van der Waals surface area contributed by atoms with Crippen molar-refractivity contribution in [3.05, 3.63) is 95.8 Å². The fraction of sp³-hybridized carbons (Fsp3) is 0.231. The first-order chi connectivity index (χ1) is 14.7. The molecular formula is C26H25N3O. The molecule has 30 heavy (non-hydrogen) atoms. The molecular weight excluding hydrogens is 370 g/mol. The van der Waals surface area contributed by atoms with Gasteiger partial charge in [0, 0.05) is 31.1 Å². The Bertz CT molecular complexity index is 1200. The molecule has 1 aliphatic rings. The highest BCUT2D eigenvalue weighted by molar-refractivity contribution is 5.96. The summed E-state index contributed by atoms with van der Waals surface area (Å²) < 4.78 is 2.32. The summed E-state index contributed by atoms with van der Waals surface area (Å²) >= 11 is 0. The van der Waals surface area contributed by atoms with Gasteiger partial charge in [0.25, 0.3) is 0 Å². The number of rotatable bonds is 5. The quantitative estimate of drug-likeness (QED) is 0.471. The molecule has 0 N–H and O–H groups in total. The minimum absolute atomic E-state index is 0.0983. The largest absolute Gasteiger partial charge is 0.327 e. The molecule has 0 bridgehead atoms. The predicted molar refractivity (Wildman–Crippen MR) is 121 cm³/mol. The third-order valence-corrected chi connectivity index (χ3v) is 5.95. The lowest BCUT2D eigenvalue weighted by atomic mass is 10.1. The van der Waals surface area contributed by atoms with Crippen molar-refractivity contribution in [2.45, 2.75) is 32.2 Å². The SMILES string of the molecule is Cc1cccc(N2CC(c3nc4ccccc4n3CCc3ccccc3)CC2=O)c1. The molecule has 4 nitrogen and oxygen atoms in total. The molecule has 3 aromatic carbocycles. The Morgan fingerprint density at radius 1 is 0.967 bits per heavy atom. The number of nitrogens with zero attached hydrogens (tertiary/aromatic N) is 3. The summed E-state index contributed by atoms with van der Waals surface area (Å²) in [6.45, 7) is 3.59. The van der Waals surface area contributed by atoms with E-state index < -0.39 is 0 Å². The molecule has 5 rings (SSSR count). The van der Waals surface area contributed by atoms with Crippen LogP contribution in [-0.4, -0.2) is 22.0 Å². The number of hydrogen-bond acceptors (Lipinski definition) is 2. The van der Waals surface area contributed by atoms with Crippen LogP contribution < -0.4 is 4.90 Å². The second kappa shape index (κ2) is 7.79. The standard InChI is InChI=1S/C26H25N3O/c1-19-8-7-11-22(16-19)29-18-21(17-25(29)30)26-27-23-12-5-6-13-24(23)28(26)15-14-20-9-3-2-4-10-20/h2-13,16,21H,14-15,17-18H2,1H3. The average molecular weight is 396 g/mol. The van der Waals surface area contributed by atoms with Crippen molar-refractivity contribution in [1.29, 1.82) is 0 Å². The van der Waals surface area contributed by atoms with E-state index in [0.29, 0.717) is 13.0 Å². The number of aromatic nitrogens is 2. The van der Waals surface area contributed by atoms with Crippen LogP contribution in [0.1, 0.15) is 29.3 Å². The van der Waals surface area contributed by atoms with Crippen LogP contribution in [0.4, 0.5) is 5.69 Å². The van der Waals surface area contributed by atoms with Gasteiger partial charge in [0.1, 0.15) is 5.82 Å². The number of para-hydroxylation sites is 2. The van der Waals surface area contributed by atoms with Gasteiger partial charge in [-0.25, -0.2) is 4.98 Å². The molecule has 4 heteroatoms. The van der Waals surface area contributed by atoms with Crippen molar-refractivity contribution in [3.8, 4) is 0 Å². The summed E-state index contributed by atoms with van der Waals surface area (Å²) in [6.07, 6.45) is 1.44. The maximum Gasteiger partial charge on any atom is 0.227 e. The molecule has 0 saturated carbocycles. The molecule has 2 heterocycles. The number of benzene rings is 3. The van der Waals surface area contributed by atoms with E-state index in [1.807, 2.05) is 29.2 Å². The summed E-state index contributed by atoms with van der Waals surface area (Å²) in [7, 11) is 0. The minimum Gasteiger partial charge on any atom is -0.327 e. The topological polar surface area (TPSA) is 38.1 Å². The van der Waals surface area contributed by atoms with Gasteiger partial charge in [-0.1, -0.05) is 54.6 Å². The lowest BCUT2D eigenvalue weighted by molar-refractivity contribution is -0.117. The Morgan fingerprint density at radius 2 is 1.77 bits per heavy atom. The molecule has 0 radical (unpaired) electrons. The lowest BCUT2D eigenvalue weighted by Gasteiger charge is -2.18. The first-order valence-electron chi connectivity index (χ1n) is 10.5. The number of carbonyl (C=O) groups excluding carboxylic acids is 1. The number of imidazole rings is 1. The monoisotopic (exact) mass is 395 g/mol. The summed E-state index contributed by atoms with van der Waals surface area (Å²) in [5.74, 6) is 1.30. The zero-order chi connectivity index (χ0) is 20.5. The van der Waals surface area contributed by atoms with E-state index in [2.05, 4.69) is 66.1 Å². The number of hydrogen-bond donors (Lipinski definition) is 0. The zero-order valence-corrected chi connectivity index (χ0v) is 17.2. The van der Waals surface area contributed by atoms with Crippen LogP contribution in [0, 0.1) is 6.92 Å². The molecule has 1 amide bonds. The van der Waals surface area contributed by atoms with Gasteiger partial charge in [-0.2, -0.15) is 0 Å². The van der Waals surface area contributed by atoms with Crippen LogP contribution in [0.3, 0.4) is 0 Å². The van der Waals surface area contributed by atoms with Gasteiger partial charge in [-0.15, -0.1) is 0 Å². The van der Waals surface area contributed by atoms with Crippen molar-refractivity contribution < 1.29 is 4.79 Å². The van der Waals surface area contributed by atoms with Gasteiger partial charge in [0.15, 0.2) is 0 Å². The first kappa shape index (κ1) is 18.6. The van der Waals surface area contributed by atoms with Gasteiger partial charge in [0.2, 0.25) is 5.91 Å². The summed E-state index contributed by atoms with van der Waals surface area (Å²) in [6, 6.07) is 27.0. The van der Waals surface area contributed by atoms with E-state index in [9.17, 15) is 4.79 Å². The van der Waals surface area contributed by atoms with Crippen molar-refractivity contribution in [2.75, 3.05) is 11.4 Å². The molecule has 1 atom stereocenters. The third-order valence-electron chi connectivity index (χ3n) is 5.95. The Labute approximate surface area is 176 Å². The van der Waals surface area contributed by atoms with Crippen LogP contribution in [0.2, 0.25) is 0 Å². The fourth-order valence-electron chi connectivity index (χ4n) is 4.45. The van der Waals surface area contributed by atoms with Crippen molar-refractivity contribution >= 4 is 22.6 Å². The number of aryl methyl sites for hydroxylation is 3. The Morgan fingerprint density at radius 3 is 2.60 bits per heavy atom. The lowest BCUT2D eigenvalue weighted by Crippen LogP contribution is -2.24. The van der Waals surface area contributed by atoms with Crippen LogP contribution in [0.25, 0.3) is 11.0 Å². The van der Waals surface area contributed by atoms with Crippen molar-refractivity contribution in [2.24, 2.45) is 0 Å². The van der Waals surface area contributed by atoms with Crippen LogP contribution in [-0.2, 0) is 17.8 Å². The summed E-state index contributed by atoms with van der Waals surface area (Å²) in [5, 5.41) is 0. The van der Waals surface area contributed by atoms with E-state index in [1.54, 1.807) is 0 Å². The van der Waals surface area contributed by atoms with Gasteiger partial charge >= 0.3 is 0 Å². The molecule has 0 aliphatic carbocycles. The molecule has 1 fully saturated rings. The van der Waals surface area contributed by atoms with Crippen LogP contribution >= 0.6 is 0 Å². The third kappa shape index (κ3) is 3.50. The summed E-state index contributed by atoms with van der Waals surface area (Å²) in [5.41, 5.74) is 5.60. The number of carbonyl (C=O) groups is 1. The smallest absolute Gasteiger partial charge is 0.227 e. The van der Waals surface area contributed by atoms with Crippen LogP contribution in [0.5, 0.6) is 0 Å². The number of fused-ring (bicyclic) bond motifs is 1. The molecule has 150 valence electrons. The molecule has 1 aliphatic heterocycles. The van der Waals surface area contributed by atoms with E-state index in [1.165, 1.54) is 11.1 Å².